The lowest BCUT2D eigenvalue weighted by Gasteiger charge is -2.12. The van der Waals surface area contributed by atoms with Crippen molar-refractivity contribution in [1.29, 1.82) is 0 Å². The summed E-state index contributed by atoms with van der Waals surface area (Å²) in [5.74, 6) is 1.04. The Morgan fingerprint density at radius 1 is 1.17 bits per heavy atom. The Morgan fingerprint density at radius 3 is 2.50 bits per heavy atom. The molecule has 0 saturated heterocycles. The molecule has 0 saturated carbocycles. The minimum Gasteiger partial charge on any atom is -0.497 e. The van der Waals surface area contributed by atoms with Gasteiger partial charge < -0.3 is 9.15 Å². The summed E-state index contributed by atoms with van der Waals surface area (Å²) in [6.45, 7) is 1.67. The lowest BCUT2D eigenvalue weighted by atomic mass is 10.3. The standard InChI is InChI=1S/C19H18N4O6S/c1-13(18-4-3-11-29-18)20-21-17-10-7-15(23(24)25)12-19(17)30(26,27)22-14-5-8-16(28-2)9-6-14/h3-12,21-22H,1-2H3/b20-13-. The van der Waals surface area contributed by atoms with Gasteiger partial charge in [0.05, 0.1) is 24.0 Å². The Balaban J connectivity index is 1.96. The van der Waals surface area contributed by atoms with Crippen LogP contribution in [0.15, 0.2) is 75.3 Å². The number of furan rings is 1. The molecule has 1 aromatic heterocycles. The van der Waals surface area contributed by atoms with Crippen LogP contribution in [0.25, 0.3) is 0 Å². The molecular weight excluding hydrogens is 412 g/mol. The summed E-state index contributed by atoms with van der Waals surface area (Å²) >= 11 is 0. The fourth-order valence-electron chi connectivity index (χ4n) is 2.49. The smallest absolute Gasteiger partial charge is 0.270 e. The topological polar surface area (TPSA) is 136 Å². The van der Waals surface area contributed by atoms with Crippen LogP contribution in [0.3, 0.4) is 0 Å². The Labute approximate surface area is 172 Å². The van der Waals surface area contributed by atoms with E-state index in [2.05, 4.69) is 15.2 Å². The van der Waals surface area contributed by atoms with E-state index in [0.29, 0.717) is 17.2 Å². The third-order valence-electron chi connectivity index (χ3n) is 4.03. The maximum absolute atomic E-state index is 13.0. The van der Waals surface area contributed by atoms with Gasteiger partial charge in [-0.2, -0.15) is 5.10 Å². The van der Waals surface area contributed by atoms with Crippen LogP contribution in [0.1, 0.15) is 12.7 Å². The maximum Gasteiger partial charge on any atom is 0.270 e. The van der Waals surface area contributed by atoms with Crippen molar-refractivity contribution >= 4 is 32.8 Å². The third kappa shape index (κ3) is 4.75. The Kier molecular flexibility index (Phi) is 6.02. The van der Waals surface area contributed by atoms with Crippen LogP contribution in [0.2, 0.25) is 0 Å². The van der Waals surface area contributed by atoms with Crippen LogP contribution in [0.5, 0.6) is 5.75 Å². The zero-order valence-corrected chi connectivity index (χ0v) is 16.8. The van der Waals surface area contributed by atoms with E-state index in [-0.39, 0.29) is 22.0 Å². The van der Waals surface area contributed by atoms with Gasteiger partial charge in [0.2, 0.25) is 0 Å². The van der Waals surface area contributed by atoms with E-state index in [4.69, 9.17) is 9.15 Å². The van der Waals surface area contributed by atoms with E-state index >= 15 is 0 Å². The summed E-state index contributed by atoms with van der Waals surface area (Å²) in [4.78, 5) is 10.2. The predicted octanol–water partition coefficient (Wildman–Crippen LogP) is 3.83. The summed E-state index contributed by atoms with van der Waals surface area (Å²) in [5.41, 5.74) is 3.06. The first-order valence-electron chi connectivity index (χ1n) is 8.59. The normalized spacial score (nSPS) is 11.7. The highest BCUT2D eigenvalue weighted by Gasteiger charge is 2.23. The van der Waals surface area contributed by atoms with Crippen molar-refractivity contribution in [3.05, 3.63) is 76.7 Å². The molecule has 2 N–H and O–H groups in total. The van der Waals surface area contributed by atoms with Crippen LogP contribution >= 0.6 is 0 Å². The molecule has 0 bridgehead atoms. The number of benzene rings is 2. The molecule has 3 aromatic rings. The Hall–Kier alpha value is -3.86. The van der Waals surface area contributed by atoms with E-state index in [1.807, 2.05) is 0 Å². The summed E-state index contributed by atoms with van der Waals surface area (Å²) in [5, 5.41) is 15.3. The number of nitrogens with one attached hydrogen (secondary N) is 2. The van der Waals surface area contributed by atoms with Crippen molar-refractivity contribution in [2.24, 2.45) is 5.10 Å². The molecule has 2 aromatic carbocycles. The van der Waals surface area contributed by atoms with Gasteiger partial charge in [-0.3, -0.25) is 20.3 Å². The highest BCUT2D eigenvalue weighted by atomic mass is 32.2. The number of nitro benzene ring substituents is 1. The molecule has 10 nitrogen and oxygen atoms in total. The summed E-state index contributed by atoms with van der Waals surface area (Å²) in [6.07, 6.45) is 1.48. The van der Waals surface area contributed by atoms with Gasteiger partial charge in [0, 0.05) is 17.8 Å². The molecule has 1 heterocycles. The van der Waals surface area contributed by atoms with Crippen molar-refractivity contribution in [3.63, 3.8) is 0 Å². The quantitative estimate of drug-likeness (QED) is 0.315. The van der Waals surface area contributed by atoms with E-state index < -0.39 is 14.9 Å². The van der Waals surface area contributed by atoms with Crippen molar-refractivity contribution in [1.82, 2.24) is 0 Å². The second-order valence-electron chi connectivity index (χ2n) is 6.06. The maximum atomic E-state index is 13.0. The molecule has 11 heteroatoms. The van der Waals surface area contributed by atoms with Crippen molar-refractivity contribution in [3.8, 4) is 5.75 Å². The summed E-state index contributed by atoms with van der Waals surface area (Å²) < 4.78 is 38.6. The van der Waals surface area contributed by atoms with E-state index in [1.54, 1.807) is 31.2 Å². The van der Waals surface area contributed by atoms with Gasteiger partial charge in [0.25, 0.3) is 15.7 Å². The first kappa shape index (κ1) is 20.9. The fourth-order valence-corrected chi connectivity index (χ4v) is 3.73. The number of nitrogens with zero attached hydrogens (tertiary/aromatic N) is 2. The number of hydrogen-bond donors (Lipinski definition) is 2. The van der Waals surface area contributed by atoms with Gasteiger partial charge in [-0.1, -0.05) is 0 Å². The Morgan fingerprint density at radius 2 is 1.90 bits per heavy atom. The van der Waals surface area contributed by atoms with E-state index in [0.717, 1.165) is 6.07 Å². The van der Waals surface area contributed by atoms with Crippen molar-refractivity contribution in [2.45, 2.75) is 11.8 Å². The lowest BCUT2D eigenvalue weighted by Crippen LogP contribution is -2.15. The zero-order chi connectivity index (χ0) is 21.7. The van der Waals surface area contributed by atoms with Gasteiger partial charge in [0.1, 0.15) is 22.1 Å². The first-order valence-corrected chi connectivity index (χ1v) is 10.1. The minimum absolute atomic E-state index is 0.0625. The number of nitro groups is 1. The summed E-state index contributed by atoms with van der Waals surface area (Å²) in [7, 11) is -2.68. The molecule has 0 atom stereocenters. The SMILES string of the molecule is COc1ccc(NS(=O)(=O)c2cc([N+](=O)[O-])ccc2N/N=C(/C)c2ccco2)cc1. The lowest BCUT2D eigenvalue weighted by molar-refractivity contribution is -0.385. The second kappa shape index (κ2) is 8.66. The number of hydrazone groups is 1. The molecule has 0 fully saturated rings. The van der Waals surface area contributed by atoms with Gasteiger partial charge in [-0.25, -0.2) is 8.42 Å². The number of anilines is 2. The number of non-ortho nitro benzene ring substituents is 1. The first-order chi connectivity index (χ1) is 14.3. The van der Waals surface area contributed by atoms with Crippen LogP contribution < -0.4 is 14.9 Å². The average Bonchev–Trinajstić information content (AvgIpc) is 3.27. The monoisotopic (exact) mass is 430 g/mol. The van der Waals surface area contributed by atoms with Gasteiger partial charge in [-0.15, -0.1) is 0 Å². The molecule has 0 spiro atoms. The molecule has 0 aliphatic rings. The van der Waals surface area contributed by atoms with Crippen molar-refractivity contribution in [2.75, 3.05) is 17.3 Å². The van der Waals surface area contributed by atoms with Gasteiger partial charge >= 0.3 is 0 Å². The highest BCUT2D eigenvalue weighted by molar-refractivity contribution is 7.92. The summed E-state index contributed by atoms with van der Waals surface area (Å²) in [6, 6.07) is 13.0. The molecule has 3 rings (SSSR count). The molecule has 0 radical (unpaired) electrons. The molecule has 0 aliphatic heterocycles. The fraction of sp³-hybridized carbons (Fsp3) is 0.105. The molecule has 30 heavy (non-hydrogen) atoms. The average molecular weight is 430 g/mol. The van der Waals surface area contributed by atoms with E-state index in [9.17, 15) is 18.5 Å². The molecule has 0 aliphatic carbocycles. The molecule has 156 valence electrons. The van der Waals surface area contributed by atoms with Crippen LogP contribution in [-0.2, 0) is 10.0 Å². The molecular formula is C19H18N4O6S. The number of sulfonamides is 1. The van der Waals surface area contributed by atoms with Crippen molar-refractivity contribution < 1.29 is 22.5 Å². The number of ether oxygens (including phenoxy) is 1. The minimum atomic E-state index is -4.17. The predicted molar refractivity (Wildman–Crippen MR) is 111 cm³/mol. The largest absolute Gasteiger partial charge is 0.497 e. The van der Waals surface area contributed by atoms with Gasteiger partial charge in [0.15, 0.2) is 0 Å². The zero-order valence-electron chi connectivity index (χ0n) is 16.0. The Bertz CT molecular complexity index is 1170. The third-order valence-corrected chi connectivity index (χ3v) is 5.45. The number of methoxy groups -OCH3 is 1. The highest BCUT2D eigenvalue weighted by Crippen LogP contribution is 2.29. The van der Waals surface area contributed by atoms with Gasteiger partial charge in [-0.05, 0) is 49.4 Å². The number of rotatable bonds is 8. The van der Waals surface area contributed by atoms with Crippen LogP contribution in [0, 0.1) is 10.1 Å². The molecule has 0 unspecified atom stereocenters. The van der Waals surface area contributed by atoms with Crippen LogP contribution in [0.4, 0.5) is 17.1 Å². The second-order valence-corrected chi connectivity index (χ2v) is 7.71. The van der Waals surface area contributed by atoms with Crippen LogP contribution in [-0.4, -0.2) is 26.2 Å². The molecule has 0 amide bonds. The van der Waals surface area contributed by atoms with E-state index in [1.165, 1.54) is 37.6 Å². The number of hydrogen-bond acceptors (Lipinski definition) is 8.